The van der Waals surface area contributed by atoms with E-state index in [9.17, 15) is 0 Å². The molecular weight excluding hydrogens is 699 g/mol. The van der Waals surface area contributed by atoms with Crippen LogP contribution in [0.3, 0.4) is 0 Å². The molecule has 0 saturated carbocycles. The molecule has 0 atom stereocenters. The Labute approximate surface area is 341 Å². The highest BCUT2D eigenvalue weighted by molar-refractivity contribution is 5.96. The van der Waals surface area contributed by atoms with Crippen LogP contribution in [0, 0.1) is 0 Å². The summed E-state index contributed by atoms with van der Waals surface area (Å²) < 4.78 is 0. The summed E-state index contributed by atoms with van der Waals surface area (Å²) in [6, 6.07) is 78.1. The Morgan fingerprint density at radius 1 is 0.293 bits per heavy atom. The van der Waals surface area contributed by atoms with E-state index in [2.05, 4.69) is 226 Å². The van der Waals surface area contributed by atoms with Gasteiger partial charge in [0.1, 0.15) is 0 Å². The number of hydrogen-bond donors (Lipinski definition) is 0. The highest BCUT2D eigenvalue weighted by Crippen LogP contribution is 2.58. The number of nitrogens with zero attached hydrogens (tertiary/aromatic N) is 1. The number of rotatable bonds is 6. The maximum absolute atomic E-state index is 5.58. The van der Waals surface area contributed by atoms with Gasteiger partial charge in [-0.3, -0.25) is 0 Å². The number of pyridine rings is 1. The van der Waals surface area contributed by atoms with Crippen LogP contribution in [0.15, 0.2) is 212 Å². The first kappa shape index (κ1) is 34.2. The normalized spacial score (nSPS) is 14.0. The molecule has 0 amide bonds. The summed E-state index contributed by atoms with van der Waals surface area (Å²) in [5, 5.41) is 0. The Morgan fingerprint density at radius 2 is 0.793 bits per heavy atom. The summed E-state index contributed by atoms with van der Waals surface area (Å²) in [5.74, 6) is 0. The molecule has 8 aromatic carbocycles. The first-order valence-corrected chi connectivity index (χ1v) is 20.3. The predicted octanol–water partition coefficient (Wildman–Crippen LogP) is 14.4. The summed E-state index contributed by atoms with van der Waals surface area (Å²) in [5.41, 5.74) is 21.1. The summed E-state index contributed by atoms with van der Waals surface area (Å²) in [6.07, 6.45) is 0. The molecule has 1 heteroatoms. The topological polar surface area (TPSA) is 12.9 Å². The van der Waals surface area contributed by atoms with E-state index >= 15 is 0 Å². The highest BCUT2D eigenvalue weighted by Gasteiger charge is 2.46. The molecule has 0 radical (unpaired) electrons. The Morgan fingerprint density at radius 3 is 1.45 bits per heavy atom. The van der Waals surface area contributed by atoms with E-state index in [0.717, 1.165) is 33.6 Å². The SMILES string of the molecule is CC1(C)c2ccccc2-c2cc(-c3cc4c(cc3-c3cc(-c5ccccc5)cc(-c5ccccc5)n3)C(c3ccccc3)(c3ccccc3)c3ccccc3-4)ccc21. The molecule has 0 fully saturated rings. The van der Waals surface area contributed by atoms with Crippen molar-refractivity contribution in [2.24, 2.45) is 0 Å². The zero-order valence-electron chi connectivity index (χ0n) is 32.7. The molecule has 2 aliphatic rings. The zero-order chi connectivity index (χ0) is 38.8. The van der Waals surface area contributed by atoms with Crippen molar-refractivity contribution in [2.45, 2.75) is 24.7 Å². The van der Waals surface area contributed by atoms with Gasteiger partial charge in [0.05, 0.1) is 16.8 Å². The Kier molecular flexibility index (Phi) is 7.81. The van der Waals surface area contributed by atoms with Crippen LogP contribution in [-0.4, -0.2) is 4.98 Å². The second kappa shape index (κ2) is 13.3. The van der Waals surface area contributed by atoms with E-state index in [0.29, 0.717) is 0 Å². The Hall–Kier alpha value is -7.09. The van der Waals surface area contributed by atoms with Crippen molar-refractivity contribution in [2.75, 3.05) is 0 Å². The number of hydrogen-bond acceptors (Lipinski definition) is 1. The minimum Gasteiger partial charge on any atom is -0.248 e. The average molecular weight is 740 g/mol. The molecule has 0 aliphatic heterocycles. The van der Waals surface area contributed by atoms with Gasteiger partial charge in [-0.25, -0.2) is 4.98 Å². The van der Waals surface area contributed by atoms with Crippen molar-refractivity contribution in [3.05, 3.63) is 246 Å². The quantitative estimate of drug-likeness (QED) is 0.165. The van der Waals surface area contributed by atoms with Gasteiger partial charge in [-0.2, -0.15) is 0 Å². The minimum atomic E-state index is -0.540. The smallest absolute Gasteiger partial charge is 0.0722 e. The van der Waals surface area contributed by atoms with E-state index in [1.54, 1.807) is 0 Å². The molecule has 0 bridgehead atoms. The van der Waals surface area contributed by atoms with Crippen LogP contribution >= 0.6 is 0 Å². The number of aromatic nitrogens is 1. The third-order valence-corrected chi connectivity index (χ3v) is 12.8. The van der Waals surface area contributed by atoms with E-state index in [-0.39, 0.29) is 5.41 Å². The van der Waals surface area contributed by atoms with Gasteiger partial charge in [-0.15, -0.1) is 0 Å². The monoisotopic (exact) mass is 739 g/mol. The average Bonchev–Trinajstić information content (AvgIpc) is 3.72. The highest BCUT2D eigenvalue weighted by atomic mass is 14.7. The summed E-state index contributed by atoms with van der Waals surface area (Å²) in [4.78, 5) is 5.58. The lowest BCUT2D eigenvalue weighted by molar-refractivity contribution is 0.660. The van der Waals surface area contributed by atoms with Gasteiger partial charge in [0, 0.05) is 16.5 Å². The number of benzene rings is 8. The Balaban J connectivity index is 1.26. The second-order valence-electron chi connectivity index (χ2n) is 16.3. The van der Waals surface area contributed by atoms with E-state index in [1.807, 2.05) is 0 Å². The summed E-state index contributed by atoms with van der Waals surface area (Å²) >= 11 is 0. The van der Waals surface area contributed by atoms with Crippen molar-refractivity contribution >= 4 is 0 Å². The maximum atomic E-state index is 5.58. The molecule has 9 aromatic rings. The first-order valence-electron chi connectivity index (χ1n) is 20.3. The van der Waals surface area contributed by atoms with Gasteiger partial charge in [-0.05, 0) is 108 Å². The lowest BCUT2D eigenvalue weighted by Gasteiger charge is -2.34. The van der Waals surface area contributed by atoms with Crippen molar-refractivity contribution in [3.8, 4) is 67.0 Å². The van der Waals surface area contributed by atoms with Crippen LogP contribution in [0.25, 0.3) is 67.0 Å². The lowest BCUT2D eigenvalue weighted by atomic mass is 9.67. The molecule has 0 N–H and O–H groups in total. The molecular formula is C57H41N. The van der Waals surface area contributed by atoms with Crippen LogP contribution < -0.4 is 0 Å². The zero-order valence-corrected chi connectivity index (χ0v) is 32.7. The number of fused-ring (bicyclic) bond motifs is 6. The van der Waals surface area contributed by atoms with Gasteiger partial charge < -0.3 is 0 Å². The van der Waals surface area contributed by atoms with E-state index in [1.165, 1.54) is 66.8 Å². The first-order chi connectivity index (χ1) is 28.5. The lowest BCUT2D eigenvalue weighted by Crippen LogP contribution is -2.28. The van der Waals surface area contributed by atoms with Gasteiger partial charge in [-0.1, -0.05) is 196 Å². The second-order valence-corrected chi connectivity index (χ2v) is 16.3. The van der Waals surface area contributed by atoms with Crippen LogP contribution in [-0.2, 0) is 10.8 Å². The summed E-state index contributed by atoms with van der Waals surface area (Å²) in [6.45, 7) is 4.71. The standard InChI is InChI=1S/C57H41N/c1-56(2)50-29-17-15-27-44(50)47-33-40(31-32-51(47)56)46-36-48-45-28-16-18-30-52(45)57(42-23-11-5-12-24-42,43-25-13-6-14-26-43)53(48)37-49(46)55-35-41(38-19-7-3-8-20-38)34-54(58-55)39-21-9-4-10-22-39/h3-37H,1-2H3. The van der Waals surface area contributed by atoms with Crippen LogP contribution in [0.5, 0.6) is 0 Å². The van der Waals surface area contributed by atoms with Crippen LogP contribution in [0.1, 0.15) is 47.2 Å². The third-order valence-electron chi connectivity index (χ3n) is 12.8. The van der Waals surface area contributed by atoms with Crippen molar-refractivity contribution < 1.29 is 0 Å². The fourth-order valence-corrected chi connectivity index (χ4v) is 10.0. The summed E-state index contributed by atoms with van der Waals surface area (Å²) in [7, 11) is 0. The molecule has 0 spiro atoms. The molecule has 0 unspecified atom stereocenters. The van der Waals surface area contributed by atoms with Crippen LogP contribution in [0.4, 0.5) is 0 Å². The predicted molar refractivity (Wildman–Crippen MR) is 241 cm³/mol. The molecule has 0 saturated heterocycles. The van der Waals surface area contributed by atoms with Gasteiger partial charge >= 0.3 is 0 Å². The fraction of sp³-hybridized carbons (Fsp3) is 0.0702. The molecule has 2 aliphatic carbocycles. The van der Waals surface area contributed by atoms with Crippen molar-refractivity contribution in [1.29, 1.82) is 0 Å². The molecule has 274 valence electrons. The van der Waals surface area contributed by atoms with E-state index in [4.69, 9.17) is 4.98 Å². The van der Waals surface area contributed by atoms with Gasteiger partial charge in [0.15, 0.2) is 0 Å². The van der Waals surface area contributed by atoms with Crippen molar-refractivity contribution in [1.82, 2.24) is 4.98 Å². The molecule has 11 rings (SSSR count). The molecule has 58 heavy (non-hydrogen) atoms. The molecule has 1 aromatic heterocycles. The van der Waals surface area contributed by atoms with Gasteiger partial charge in [0.2, 0.25) is 0 Å². The van der Waals surface area contributed by atoms with Crippen molar-refractivity contribution in [3.63, 3.8) is 0 Å². The third kappa shape index (κ3) is 5.13. The van der Waals surface area contributed by atoms with Crippen LogP contribution in [0.2, 0.25) is 0 Å². The fourth-order valence-electron chi connectivity index (χ4n) is 10.0. The van der Waals surface area contributed by atoms with Gasteiger partial charge in [0.25, 0.3) is 0 Å². The minimum absolute atomic E-state index is 0.0781. The molecule has 1 heterocycles. The largest absolute Gasteiger partial charge is 0.248 e. The Bertz CT molecular complexity index is 2900. The van der Waals surface area contributed by atoms with E-state index < -0.39 is 5.41 Å². The molecule has 1 nitrogen and oxygen atoms in total. The maximum Gasteiger partial charge on any atom is 0.0722 e.